The van der Waals surface area contributed by atoms with Gasteiger partial charge in [-0.1, -0.05) is 29.5 Å². The first-order valence-corrected chi connectivity index (χ1v) is 11.6. The molecule has 2 heterocycles. The number of fused-ring (bicyclic) bond motifs is 1. The zero-order valence-electron chi connectivity index (χ0n) is 18.9. The number of thiazole rings is 1. The Morgan fingerprint density at radius 3 is 2.62 bits per heavy atom. The van der Waals surface area contributed by atoms with Crippen molar-refractivity contribution in [3.05, 3.63) is 90.4 Å². The average Bonchev–Trinajstić information content (AvgIpc) is 3.10. The molecule has 0 fully saturated rings. The second kappa shape index (κ2) is 9.64. The number of carbonyl (C=O) groups excluding carboxylic acids is 1. The topological polar surface area (TPSA) is 90.1 Å². The van der Waals surface area contributed by atoms with Gasteiger partial charge in [0.25, 0.3) is 5.56 Å². The van der Waals surface area contributed by atoms with Crippen molar-refractivity contribution < 1.29 is 23.8 Å². The van der Waals surface area contributed by atoms with Crippen LogP contribution in [0.2, 0.25) is 0 Å². The Labute approximate surface area is 198 Å². The standard InChI is InChI=1S/C25H23FN2O5S/c1-4-32-19-12-15(6-11-18(19)29)13-20-23(30)28-22(16-7-9-17(26)10-8-16)21(24(31)33-5-2)14(3)27-25(28)34-20/h6-13,22,29H,4-5H2,1-3H3. The predicted octanol–water partition coefficient (Wildman–Crippen LogP) is 3.04. The van der Waals surface area contributed by atoms with Crippen LogP contribution in [0.4, 0.5) is 4.39 Å². The van der Waals surface area contributed by atoms with Crippen LogP contribution in [0.15, 0.2) is 63.5 Å². The maximum Gasteiger partial charge on any atom is 0.338 e. The van der Waals surface area contributed by atoms with Crippen molar-refractivity contribution in [1.29, 1.82) is 0 Å². The Morgan fingerprint density at radius 2 is 1.94 bits per heavy atom. The Bertz CT molecular complexity index is 1450. The van der Waals surface area contributed by atoms with E-state index in [0.717, 1.165) is 0 Å². The molecule has 1 aromatic heterocycles. The lowest BCUT2D eigenvalue weighted by Crippen LogP contribution is -2.39. The van der Waals surface area contributed by atoms with Gasteiger partial charge in [-0.3, -0.25) is 9.36 Å². The van der Waals surface area contributed by atoms with E-state index in [1.807, 2.05) is 6.92 Å². The summed E-state index contributed by atoms with van der Waals surface area (Å²) in [6.45, 7) is 5.74. The summed E-state index contributed by atoms with van der Waals surface area (Å²) in [5.74, 6) is -0.681. The number of hydrogen-bond donors (Lipinski definition) is 1. The number of nitrogens with zero attached hydrogens (tertiary/aromatic N) is 2. The van der Waals surface area contributed by atoms with Gasteiger partial charge in [0.2, 0.25) is 0 Å². The Hall–Kier alpha value is -3.72. The molecule has 1 unspecified atom stereocenters. The summed E-state index contributed by atoms with van der Waals surface area (Å²) in [5.41, 5.74) is 1.54. The summed E-state index contributed by atoms with van der Waals surface area (Å²) in [6, 6.07) is 9.67. The van der Waals surface area contributed by atoms with Crippen LogP contribution < -0.4 is 19.6 Å². The number of aromatic nitrogens is 1. The predicted molar refractivity (Wildman–Crippen MR) is 126 cm³/mol. The van der Waals surface area contributed by atoms with Crippen LogP contribution in [0, 0.1) is 5.82 Å². The van der Waals surface area contributed by atoms with E-state index in [4.69, 9.17) is 9.47 Å². The fourth-order valence-electron chi connectivity index (χ4n) is 3.79. The molecule has 0 spiro atoms. The first kappa shape index (κ1) is 23.4. The largest absolute Gasteiger partial charge is 0.504 e. The summed E-state index contributed by atoms with van der Waals surface area (Å²) < 4.78 is 26.1. The minimum absolute atomic E-state index is 0.00599. The number of benzene rings is 2. The van der Waals surface area contributed by atoms with Crippen LogP contribution in [0.1, 0.15) is 37.9 Å². The van der Waals surface area contributed by atoms with E-state index < -0.39 is 17.8 Å². The highest BCUT2D eigenvalue weighted by atomic mass is 32.1. The molecule has 176 valence electrons. The highest BCUT2D eigenvalue weighted by molar-refractivity contribution is 7.07. The molecule has 1 N–H and O–H groups in total. The minimum Gasteiger partial charge on any atom is -0.504 e. The third-order valence-corrected chi connectivity index (χ3v) is 6.27. The third kappa shape index (κ3) is 4.38. The van der Waals surface area contributed by atoms with E-state index >= 15 is 0 Å². The van der Waals surface area contributed by atoms with E-state index in [1.165, 1.54) is 34.1 Å². The molecular formula is C25H23FN2O5S. The molecule has 0 saturated heterocycles. The van der Waals surface area contributed by atoms with Gasteiger partial charge >= 0.3 is 5.97 Å². The number of phenolic OH excluding ortho intramolecular Hbond substituents is 1. The van der Waals surface area contributed by atoms with Crippen LogP contribution in [0.3, 0.4) is 0 Å². The minimum atomic E-state index is -0.808. The number of ether oxygens (including phenoxy) is 2. The molecule has 1 atom stereocenters. The van der Waals surface area contributed by atoms with E-state index in [2.05, 4.69) is 4.99 Å². The van der Waals surface area contributed by atoms with Gasteiger partial charge in [-0.05, 0) is 62.2 Å². The van der Waals surface area contributed by atoms with E-state index in [1.54, 1.807) is 44.2 Å². The van der Waals surface area contributed by atoms with E-state index in [9.17, 15) is 19.1 Å². The zero-order valence-corrected chi connectivity index (χ0v) is 19.7. The molecule has 9 heteroatoms. The molecule has 4 rings (SSSR count). The Morgan fingerprint density at radius 1 is 1.21 bits per heavy atom. The van der Waals surface area contributed by atoms with Gasteiger partial charge < -0.3 is 14.6 Å². The molecule has 34 heavy (non-hydrogen) atoms. The lowest BCUT2D eigenvalue weighted by atomic mass is 9.96. The van der Waals surface area contributed by atoms with Crippen molar-refractivity contribution in [2.75, 3.05) is 13.2 Å². The van der Waals surface area contributed by atoms with Crippen LogP contribution in [0.5, 0.6) is 11.5 Å². The number of aromatic hydroxyl groups is 1. The monoisotopic (exact) mass is 482 g/mol. The molecule has 0 aliphatic carbocycles. The maximum absolute atomic E-state index is 13.6. The van der Waals surface area contributed by atoms with Gasteiger partial charge in [-0.15, -0.1) is 0 Å². The van der Waals surface area contributed by atoms with E-state index in [-0.39, 0.29) is 23.5 Å². The maximum atomic E-state index is 13.6. The van der Waals surface area contributed by atoms with Crippen LogP contribution in [-0.4, -0.2) is 28.9 Å². The zero-order chi connectivity index (χ0) is 24.4. The first-order chi connectivity index (χ1) is 16.3. The fraction of sp³-hybridized carbons (Fsp3) is 0.240. The first-order valence-electron chi connectivity index (χ1n) is 10.7. The van der Waals surface area contributed by atoms with Gasteiger partial charge in [0.05, 0.1) is 35.1 Å². The number of phenols is 1. The second-order valence-electron chi connectivity index (χ2n) is 7.51. The van der Waals surface area contributed by atoms with E-state index in [0.29, 0.717) is 38.5 Å². The van der Waals surface area contributed by atoms with Crippen molar-refractivity contribution in [3.8, 4) is 11.5 Å². The molecule has 1 aliphatic heterocycles. The molecule has 3 aromatic rings. The number of hydrogen-bond acceptors (Lipinski definition) is 7. The highest BCUT2D eigenvalue weighted by Crippen LogP contribution is 2.31. The Balaban J connectivity index is 1.91. The third-order valence-electron chi connectivity index (χ3n) is 5.28. The van der Waals surface area contributed by atoms with Crippen molar-refractivity contribution in [2.45, 2.75) is 26.8 Å². The van der Waals surface area contributed by atoms with Crippen molar-refractivity contribution >= 4 is 23.4 Å². The van der Waals surface area contributed by atoms with Crippen LogP contribution in [0.25, 0.3) is 6.08 Å². The smallest absolute Gasteiger partial charge is 0.338 e. The van der Waals surface area contributed by atoms with Gasteiger partial charge in [-0.2, -0.15) is 0 Å². The second-order valence-corrected chi connectivity index (χ2v) is 8.52. The summed E-state index contributed by atoms with van der Waals surface area (Å²) >= 11 is 1.18. The molecule has 0 radical (unpaired) electrons. The number of esters is 1. The molecule has 0 bridgehead atoms. The number of halogens is 1. The molecule has 2 aromatic carbocycles. The van der Waals surface area contributed by atoms with Crippen molar-refractivity contribution in [1.82, 2.24) is 4.57 Å². The van der Waals surface area contributed by atoms with Crippen molar-refractivity contribution in [3.63, 3.8) is 0 Å². The molecule has 7 nitrogen and oxygen atoms in total. The van der Waals surface area contributed by atoms with Gasteiger partial charge in [0.15, 0.2) is 16.3 Å². The molecular weight excluding hydrogens is 459 g/mol. The SMILES string of the molecule is CCOC(=O)C1=C(C)N=c2sc(=Cc3ccc(O)c(OCC)c3)c(=O)n2C1c1ccc(F)cc1. The van der Waals surface area contributed by atoms with Gasteiger partial charge in [0.1, 0.15) is 5.82 Å². The molecule has 0 amide bonds. The average molecular weight is 483 g/mol. The van der Waals surface area contributed by atoms with Gasteiger partial charge in [-0.25, -0.2) is 14.2 Å². The Kier molecular flexibility index (Phi) is 6.65. The number of allylic oxidation sites excluding steroid dienone is 1. The van der Waals surface area contributed by atoms with Crippen LogP contribution in [-0.2, 0) is 9.53 Å². The summed E-state index contributed by atoms with van der Waals surface area (Å²) in [6.07, 6.45) is 1.68. The summed E-state index contributed by atoms with van der Waals surface area (Å²) in [4.78, 5) is 31.3. The lowest BCUT2D eigenvalue weighted by molar-refractivity contribution is -0.139. The summed E-state index contributed by atoms with van der Waals surface area (Å²) in [7, 11) is 0. The summed E-state index contributed by atoms with van der Waals surface area (Å²) in [5, 5.41) is 9.96. The highest BCUT2D eigenvalue weighted by Gasteiger charge is 2.33. The van der Waals surface area contributed by atoms with Gasteiger partial charge in [0, 0.05) is 0 Å². The lowest BCUT2D eigenvalue weighted by Gasteiger charge is -2.24. The quantitative estimate of drug-likeness (QED) is 0.546. The van der Waals surface area contributed by atoms with Crippen molar-refractivity contribution in [2.24, 2.45) is 4.99 Å². The fourth-order valence-corrected chi connectivity index (χ4v) is 4.84. The molecule has 1 aliphatic rings. The number of rotatable bonds is 6. The normalized spacial score (nSPS) is 15.6. The van der Waals surface area contributed by atoms with Crippen LogP contribution >= 0.6 is 11.3 Å². The molecule has 0 saturated carbocycles. The number of carbonyl (C=O) groups is 1.